The van der Waals surface area contributed by atoms with Gasteiger partial charge in [0.25, 0.3) is 0 Å². The van der Waals surface area contributed by atoms with E-state index in [9.17, 15) is 9.59 Å². The standard InChI is InChI=1S/C14H27N3O2/c1-10(2)6-11(8-15)7-14(19)17(3)9-13(18)16-12-4-5-12/h10-12H,4-9,15H2,1-3H3,(H,16,18). The highest BCUT2D eigenvalue weighted by molar-refractivity contribution is 5.85. The predicted octanol–water partition coefficient (Wildman–Crippen LogP) is 0.735. The van der Waals surface area contributed by atoms with Gasteiger partial charge in [0.1, 0.15) is 0 Å². The molecule has 5 heteroatoms. The fourth-order valence-electron chi connectivity index (χ4n) is 2.14. The Morgan fingerprint density at radius 2 is 2.00 bits per heavy atom. The van der Waals surface area contributed by atoms with Crippen molar-refractivity contribution in [3.8, 4) is 0 Å². The van der Waals surface area contributed by atoms with Crippen molar-refractivity contribution in [3.63, 3.8) is 0 Å². The number of rotatable bonds is 8. The second-order valence-corrected chi connectivity index (χ2v) is 6.03. The van der Waals surface area contributed by atoms with E-state index in [1.807, 2.05) is 0 Å². The van der Waals surface area contributed by atoms with Gasteiger partial charge in [0.2, 0.25) is 11.8 Å². The molecule has 1 unspecified atom stereocenters. The third-order valence-corrected chi connectivity index (χ3v) is 3.35. The third kappa shape index (κ3) is 6.57. The Hall–Kier alpha value is -1.10. The minimum atomic E-state index is -0.0634. The first-order valence-corrected chi connectivity index (χ1v) is 7.15. The van der Waals surface area contributed by atoms with Crippen LogP contribution < -0.4 is 11.1 Å². The SMILES string of the molecule is CC(C)CC(CN)CC(=O)N(C)CC(=O)NC1CC1. The average molecular weight is 269 g/mol. The minimum Gasteiger partial charge on any atom is -0.352 e. The molecule has 0 spiro atoms. The first-order chi connectivity index (χ1) is 8.92. The molecule has 0 saturated heterocycles. The van der Waals surface area contributed by atoms with Crippen LogP contribution in [-0.4, -0.2) is 42.9 Å². The van der Waals surface area contributed by atoms with Crippen LogP contribution in [-0.2, 0) is 9.59 Å². The molecule has 1 atom stereocenters. The van der Waals surface area contributed by atoms with Gasteiger partial charge < -0.3 is 16.0 Å². The molecule has 0 bridgehead atoms. The molecule has 1 rings (SSSR count). The molecular formula is C14H27N3O2. The highest BCUT2D eigenvalue weighted by atomic mass is 16.2. The molecule has 0 heterocycles. The fraction of sp³-hybridized carbons (Fsp3) is 0.857. The zero-order valence-corrected chi connectivity index (χ0v) is 12.3. The lowest BCUT2D eigenvalue weighted by molar-refractivity contribution is -0.135. The van der Waals surface area contributed by atoms with Crippen LogP contribution in [0.3, 0.4) is 0 Å². The number of nitrogens with zero attached hydrogens (tertiary/aromatic N) is 1. The van der Waals surface area contributed by atoms with Crippen LogP contribution in [0.1, 0.15) is 39.5 Å². The Bertz CT molecular complexity index is 314. The molecule has 1 fully saturated rings. The van der Waals surface area contributed by atoms with Gasteiger partial charge in [-0.2, -0.15) is 0 Å². The van der Waals surface area contributed by atoms with Gasteiger partial charge in [-0.1, -0.05) is 13.8 Å². The molecular weight excluding hydrogens is 242 g/mol. The molecule has 0 aromatic rings. The van der Waals surface area contributed by atoms with Crippen LogP contribution in [0.15, 0.2) is 0 Å². The molecule has 1 saturated carbocycles. The van der Waals surface area contributed by atoms with Gasteiger partial charge in [0.15, 0.2) is 0 Å². The zero-order valence-electron chi connectivity index (χ0n) is 12.3. The van der Waals surface area contributed by atoms with Gasteiger partial charge in [0, 0.05) is 19.5 Å². The number of nitrogens with two attached hydrogens (primary N) is 1. The van der Waals surface area contributed by atoms with Crippen LogP contribution in [0.5, 0.6) is 0 Å². The molecule has 3 N–H and O–H groups in total. The maximum Gasteiger partial charge on any atom is 0.239 e. The summed E-state index contributed by atoms with van der Waals surface area (Å²) in [7, 11) is 1.68. The van der Waals surface area contributed by atoms with Gasteiger partial charge in [-0.05, 0) is 37.6 Å². The van der Waals surface area contributed by atoms with Crippen LogP contribution in [0.4, 0.5) is 0 Å². The highest BCUT2D eigenvalue weighted by Crippen LogP contribution is 2.18. The van der Waals surface area contributed by atoms with Crippen molar-refractivity contribution in [1.82, 2.24) is 10.2 Å². The zero-order chi connectivity index (χ0) is 14.4. The van der Waals surface area contributed by atoms with E-state index in [1.54, 1.807) is 7.05 Å². The normalized spacial score (nSPS) is 16.3. The molecule has 0 radical (unpaired) electrons. The summed E-state index contributed by atoms with van der Waals surface area (Å²) >= 11 is 0. The van der Waals surface area contributed by atoms with Crippen molar-refractivity contribution in [2.45, 2.75) is 45.6 Å². The second-order valence-electron chi connectivity index (χ2n) is 6.03. The smallest absolute Gasteiger partial charge is 0.239 e. The summed E-state index contributed by atoms with van der Waals surface area (Å²) in [6.07, 6.45) is 3.51. The molecule has 0 aromatic carbocycles. The van der Waals surface area contributed by atoms with Gasteiger partial charge in [0.05, 0.1) is 6.54 Å². The number of carbonyl (C=O) groups excluding carboxylic acids is 2. The molecule has 0 aromatic heterocycles. The van der Waals surface area contributed by atoms with E-state index in [2.05, 4.69) is 19.2 Å². The summed E-state index contributed by atoms with van der Waals surface area (Å²) < 4.78 is 0. The summed E-state index contributed by atoms with van der Waals surface area (Å²) in [5, 5.41) is 2.88. The maximum absolute atomic E-state index is 12.0. The van der Waals surface area contributed by atoms with Crippen molar-refractivity contribution in [2.75, 3.05) is 20.1 Å². The van der Waals surface area contributed by atoms with Gasteiger partial charge in [-0.15, -0.1) is 0 Å². The summed E-state index contributed by atoms with van der Waals surface area (Å²) in [6.45, 7) is 4.92. The molecule has 2 amide bonds. The average Bonchev–Trinajstić information content (AvgIpc) is 3.10. The molecule has 0 aliphatic heterocycles. The fourth-order valence-corrected chi connectivity index (χ4v) is 2.14. The molecule has 5 nitrogen and oxygen atoms in total. The first-order valence-electron chi connectivity index (χ1n) is 7.15. The summed E-state index contributed by atoms with van der Waals surface area (Å²) in [5.74, 6) is 0.680. The predicted molar refractivity (Wildman–Crippen MR) is 75.4 cm³/mol. The van der Waals surface area contributed by atoms with E-state index in [1.165, 1.54) is 4.90 Å². The monoisotopic (exact) mass is 269 g/mol. The van der Waals surface area contributed by atoms with Gasteiger partial charge in [-0.25, -0.2) is 0 Å². The number of hydrogen-bond donors (Lipinski definition) is 2. The van der Waals surface area contributed by atoms with Crippen molar-refractivity contribution >= 4 is 11.8 Å². The Balaban J connectivity index is 2.31. The lowest BCUT2D eigenvalue weighted by atomic mass is 9.94. The Morgan fingerprint density at radius 1 is 1.37 bits per heavy atom. The minimum absolute atomic E-state index is 0.00190. The summed E-state index contributed by atoms with van der Waals surface area (Å²) in [4.78, 5) is 25.1. The molecule has 1 aliphatic rings. The lowest BCUT2D eigenvalue weighted by Crippen LogP contribution is -2.40. The topological polar surface area (TPSA) is 75.4 Å². The van der Waals surface area contributed by atoms with Crippen molar-refractivity contribution in [2.24, 2.45) is 17.6 Å². The number of hydrogen-bond acceptors (Lipinski definition) is 3. The van der Waals surface area contributed by atoms with Crippen molar-refractivity contribution in [3.05, 3.63) is 0 Å². The number of nitrogens with one attached hydrogen (secondary N) is 1. The summed E-state index contributed by atoms with van der Waals surface area (Å²) in [6, 6.07) is 0.341. The quantitative estimate of drug-likeness (QED) is 0.682. The lowest BCUT2D eigenvalue weighted by Gasteiger charge is -2.21. The second kappa shape index (κ2) is 7.48. The molecule has 1 aliphatic carbocycles. The Kier molecular flexibility index (Phi) is 6.28. The number of amides is 2. The van der Waals surface area contributed by atoms with E-state index >= 15 is 0 Å². The number of carbonyl (C=O) groups is 2. The van der Waals surface area contributed by atoms with E-state index < -0.39 is 0 Å². The molecule has 110 valence electrons. The Labute approximate surface area is 115 Å². The molecule has 19 heavy (non-hydrogen) atoms. The van der Waals surface area contributed by atoms with E-state index in [4.69, 9.17) is 5.73 Å². The largest absolute Gasteiger partial charge is 0.352 e. The first kappa shape index (κ1) is 16.0. The van der Waals surface area contributed by atoms with Crippen LogP contribution in [0.2, 0.25) is 0 Å². The Morgan fingerprint density at radius 3 is 2.47 bits per heavy atom. The van der Waals surface area contributed by atoms with Gasteiger partial charge >= 0.3 is 0 Å². The maximum atomic E-state index is 12.0. The van der Waals surface area contributed by atoms with Crippen molar-refractivity contribution in [1.29, 1.82) is 0 Å². The summed E-state index contributed by atoms with van der Waals surface area (Å²) in [5.41, 5.74) is 5.69. The van der Waals surface area contributed by atoms with Crippen LogP contribution >= 0.6 is 0 Å². The highest BCUT2D eigenvalue weighted by Gasteiger charge is 2.24. The van der Waals surface area contributed by atoms with E-state index in [0.29, 0.717) is 24.9 Å². The van der Waals surface area contributed by atoms with Crippen LogP contribution in [0, 0.1) is 11.8 Å². The van der Waals surface area contributed by atoms with Crippen LogP contribution in [0.25, 0.3) is 0 Å². The van der Waals surface area contributed by atoms with Gasteiger partial charge in [-0.3, -0.25) is 9.59 Å². The van der Waals surface area contributed by atoms with Crippen molar-refractivity contribution < 1.29 is 9.59 Å². The third-order valence-electron chi connectivity index (χ3n) is 3.35. The van der Waals surface area contributed by atoms with E-state index in [-0.39, 0.29) is 24.3 Å². The number of likely N-dealkylation sites (N-methyl/N-ethyl adjacent to an activating group) is 1. The van der Waals surface area contributed by atoms with E-state index in [0.717, 1.165) is 19.3 Å².